The fourth-order valence-corrected chi connectivity index (χ4v) is 1.89. The van der Waals surface area contributed by atoms with Gasteiger partial charge in [-0.15, -0.1) is 0 Å². The van der Waals surface area contributed by atoms with Crippen molar-refractivity contribution in [1.29, 1.82) is 0 Å². The standard InChI is InChI=1S/C12H10Cl2OS/c1-7(2)10(6-16)12(15)9-5-8(13)3-4-11(9)14/h3-6,16H,1H2,2H3/b10-6+. The molecule has 0 aliphatic heterocycles. The minimum atomic E-state index is -0.227. The molecule has 0 aromatic heterocycles. The van der Waals surface area contributed by atoms with Gasteiger partial charge in [-0.25, -0.2) is 0 Å². The van der Waals surface area contributed by atoms with E-state index in [0.29, 0.717) is 26.8 Å². The summed E-state index contributed by atoms with van der Waals surface area (Å²) in [5.74, 6) is -0.227. The molecule has 1 aromatic rings. The SMILES string of the molecule is C=C(C)/C(=C\S)C(=O)c1cc(Cl)ccc1Cl. The van der Waals surface area contributed by atoms with Crippen LogP contribution in [0.15, 0.2) is 41.3 Å². The number of thiol groups is 1. The van der Waals surface area contributed by atoms with Gasteiger partial charge in [0.25, 0.3) is 0 Å². The highest BCUT2D eigenvalue weighted by Crippen LogP contribution is 2.25. The molecule has 0 saturated heterocycles. The van der Waals surface area contributed by atoms with Crippen molar-refractivity contribution < 1.29 is 4.79 Å². The monoisotopic (exact) mass is 272 g/mol. The van der Waals surface area contributed by atoms with Crippen LogP contribution in [0.5, 0.6) is 0 Å². The molecule has 0 heterocycles. The molecule has 0 bridgehead atoms. The van der Waals surface area contributed by atoms with Crippen molar-refractivity contribution in [3.8, 4) is 0 Å². The molecule has 0 aliphatic carbocycles. The smallest absolute Gasteiger partial charge is 0.195 e. The summed E-state index contributed by atoms with van der Waals surface area (Å²) in [7, 11) is 0. The molecule has 16 heavy (non-hydrogen) atoms. The summed E-state index contributed by atoms with van der Waals surface area (Å²) in [5.41, 5.74) is 1.42. The topological polar surface area (TPSA) is 17.1 Å². The fourth-order valence-electron chi connectivity index (χ4n) is 1.18. The Morgan fingerprint density at radius 3 is 2.56 bits per heavy atom. The van der Waals surface area contributed by atoms with Crippen LogP contribution >= 0.6 is 35.8 Å². The van der Waals surface area contributed by atoms with E-state index >= 15 is 0 Å². The molecular weight excluding hydrogens is 263 g/mol. The zero-order valence-electron chi connectivity index (χ0n) is 8.63. The first-order chi connectivity index (χ1) is 7.47. The number of hydrogen-bond acceptors (Lipinski definition) is 2. The summed E-state index contributed by atoms with van der Waals surface area (Å²) in [5, 5.41) is 2.25. The zero-order valence-corrected chi connectivity index (χ0v) is 11.0. The zero-order chi connectivity index (χ0) is 12.3. The molecule has 0 atom stereocenters. The largest absolute Gasteiger partial charge is 0.289 e. The van der Waals surface area contributed by atoms with Gasteiger partial charge in [0.05, 0.1) is 5.02 Å². The first-order valence-electron chi connectivity index (χ1n) is 4.47. The fraction of sp³-hybridized carbons (Fsp3) is 0.0833. The predicted molar refractivity (Wildman–Crippen MR) is 72.7 cm³/mol. The van der Waals surface area contributed by atoms with Crippen molar-refractivity contribution in [2.75, 3.05) is 0 Å². The van der Waals surface area contributed by atoms with Gasteiger partial charge in [0.1, 0.15) is 0 Å². The minimum absolute atomic E-state index is 0.227. The van der Waals surface area contributed by atoms with Gasteiger partial charge in [-0.3, -0.25) is 4.79 Å². The Labute approximate surface area is 110 Å². The van der Waals surface area contributed by atoms with Crippen molar-refractivity contribution in [2.45, 2.75) is 6.92 Å². The Hall–Kier alpha value is -0.700. The second-order valence-electron chi connectivity index (χ2n) is 3.28. The van der Waals surface area contributed by atoms with Gasteiger partial charge in [0, 0.05) is 16.2 Å². The molecular formula is C12H10Cl2OS. The highest BCUT2D eigenvalue weighted by molar-refractivity contribution is 7.83. The van der Waals surface area contributed by atoms with Gasteiger partial charge in [-0.2, -0.15) is 12.6 Å². The Morgan fingerprint density at radius 1 is 1.44 bits per heavy atom. The van der Waals surface area contributed by atoms with Crippen molar-refractivity contribution in [2.24, 2.45) is 0 Å². The highest BCUT2D eigenvalue weighted by Gasteiger charge is 2.15. The van der Waals surface area contributed by atoms with E-state index < -0.39 is 0 Å². The number of carbonyl (C=O) groups is 1. The molecule has 1 nitrogen and oxygen atoms in total. The molecule has 0 N–H and O–H groups in total. The molecule has 0 unspecified atom stereocenters. The molecule has 0 fully saturated rings. The van der Waals surface area contributed by atoms with Crippen molar-refractivity contribution in [1.82, 2.24) is 0 Å². The number of Topliss-reactive ketones (excluding diaryl/α,β-unsaturated/α-hetero) is 1. The average molecular weight is 273 g/mol. The number of benzene rings is 1. The van der Waals surface area contributed by atoms with Crippen LogP contribution in [0.2, 0.25) is 10.0 Å². The van der Waals surface area contributed by atoms with Crippen LogP contribution in [0.25, 0.3) is 0 Å². The first kappa shape index (κ1) is 13.4. The second-order valence-corrected chi connectivity index (χ2v) is 4.38. The predicted octanol–water partition coefficient (Wildman–Crippen LogP) is 4.57. The quantitative estimate of drug-likeness (QED) is 0.369. The number of hydrogen-bond donors (Lipinski definition) is 1. The third kappa shape index (κ3) is 2.91. The summed E-state index contributed by atoms with van der Waals surface area (Å²) in [6.07, 6.45) is 0. The van der Waals surface area contributed by atoms with Gasteiger partial charge in [-0.1, -0.05) is 29.8 Å². The molecule has 0 amide bonds. The van der Waals surface area contributed by atoms with Gasteiger partial charge in [-0.05, 0) is 36.1 Å². The molecule has 0 radical (unpaired) electrons. The van der Waals surface area contributed by atoms with E-state index in [1.807, 2.05) is 0 Å². The van der Waals surface area contributed by atoms with Crippen molar-refractivity contribution in [3.05, 3.63) is 56.9 Å². The average Bonchev–Trinajstić information content (AvgIpc) is 2.22. The minimum Gasteiger partial charge on any atom is -0.289 e. The van der Waals surface area contributed by atoms with E-state index in [1.165, 1.54) is 11.5 Å². The first-order valence-corrected chi connectivity index (χ1v) is 5.74. The lowest BCUT2D eigenvalue weighted by atomic mass is 10.0. The maximum atomic E-state index is 12.1. The highest BCUT2D eigenvalue weighted by atomic mass is 35.5. The third-order valence-electron chi connectivity index (χ3n) is 2.01. The van der Waals surface area contributed by atoms with E-state index in [2.05, 4.69) is 19.2 Å². The summed E-state index contributed by atoms with van der Waals surface area (Å²) < 4.78 is 0. The van der Waals surface area contributed by atoms with Crippen LogP contribution in [0.4, 0.5) is 0 Å². The lowest BCUT2D eigenvalue weighted by molar-refractivity contribution is 0.103. The second kappa shape index (κ2) is 5.58. The van der Waals surface area contributed by atoms with Gasteiger partial charge >= 0.3 is 0 Å². The van der Waals surface area contributed by atoms with Crippen LogP contribution in [-0.4, -0.2) is 5.78 Å². The molecule has 0 aliphatic rings. The lowest BCUT2D eigenvalue weighted by Gasteiger charge is -2.07. The Morgan fingerprint density at radius 2 is 2.06 bits per heavy atom. The number of halogens is 2. The van der Waals surface area contributed by atoms with E-state index in [1.54, 1.807) is 19.1 Å². The molecule has 0 saturated carbocycles. The Kier molecular flexibility index (Phi) is 4.66. The van der Waals surface area contributed by atoms with Crippen LogP contribution in [-0.2, 0) is 0 Å². The summed E-state index contributed by atoms with van der Waals surface area (Å²) >= 11 is 15.7. The van der Waals surface area contributed by atoms with Crippen LogP contribution in [0.1, 0.15) is 17.3 Å². The van der Waals surface area contributed by atoms with Gasteiger partial charge in [0.2, 0.25) is 0 Å². The van der Waals surface area contributed by atoms with Gasteiger partial charge in [0.15, 0.2) is 5.78 Å². The molecule has 4 heteroatoms. The summed E-state index contributed by atoms with van der Waals surface area (Å²) in [6.45, 7) is 5.45. The molecule has 1 aromatic carbocycles. The number of allylic oxidation sites excluding steroid dienone is 2. The summed E-state index contributed by atoms with van der Waals surface area (Å²) in [4.78, 5) is 12.1. The Balaban J connectivity index is 3.24. The van der Waals surface area contributed by atoms with Crippen LogP contribution < -0.4 is 0 Å². The van der Waals surface area contributed by atoms with Crippen LogP contribution in [0.3, 0.4) is 0 Å². The van der Waals surface area contributed by atoms with E-state index in [-0.39, 0.29) is 5.78 Å². The van der Waals surface area contributed by atoms with Gasteiger partial charge < -0.3 is 0 Å². The van der Waals surface area contributed by atoms with Crippen molar-refractivity contribution in [3.63, 3.8) is 0 Å². The lowest BCUT2D eigenvalue weighted by Crippen LogP contribution is -2.04. The number of rotatable bonds is 3. The van der Waals surface area contributed by atoms with Crippen LogP contribution in [0, 0.1) is 0 Å². The summed E-state index contributed by atoms with van der Waals surface area (Å²) in [6, 6.07) is 4.75. The number of carbonyl (C=O) groups excluding carboxylic acids is 1. The maximum absolute atomic E-state index is 12.1. The normalized spacial score (nSPS) is 11.4. The number of ketones is 1. The third-order valence-corrected chi connectivity index (χ3v) is 2.83. The Bertz CT molecular complexity index is 478. The molecule has 0 spiro atoms. The molecule has 1 rings (SSSR count). The van der Waals surface area contributed by atoms with Crippen molar-refractivity contribution >= 4 is 41.6 Å². The maximum Gasteiger partial charge on any atom is 0.195 e. The van der Waals surface area contributed by atoms with E-state index in [0.717, 1.165) is 0 Å². The molecule has 84 valence electrons. The van der Waals surface area contributed by atoms with E-state index in [4.69, 9.17) is 23.2 Å². The van der Waals surface area contributed by atoms with E-state index in [9.17, 15) is 4.79 Å².